The van der Waals surface area contributed by atoms with Gasteiger partial charge in [0.1, 0.15) is 0 Å². The summed E-state index contributed by atoms with van der Waals surface area (Å²) in [6.45, 7) is 7.47. The highest BCUT2D eigenvalue weighted by Crippen LogP contribution is 2.47. The number of rotatable bonds is 12. The first kappa shape index (κ1) is 31.0. The molecule has 11 heteroatoms. The normalized spacial score (nSPS) is 24.6. The van der Waals surface area contributed by atoms with Crippen LogP contribution in [0.25, 0.3) is 0 Å². The van der Waals surface area contributed by atoms with E-state index < -0.39 is 20.6 Å². The summed E-state index contributed by atoms with van der Waals surface area (Å²) in [5.41, 5.74) is 3.35. The molecule has 0 spiro atoms. The van der Waals surface area contributed by atoms with Crippen LogP contribution in [0.5, 0.6) is 0 Å². The van der Waals surface area contributed by atoms with Crippen LogP contribution in [0.2, 0.25) is 18.6 Å². The molecule has 0 saturated carbocycles. The monoisotopic (exact) mass is 608 g/mol. The summed E-state index contributed by atoms with van der Waals surface area (Å²) in [5.74, 6) is -0.649. The number of aliphatic hydroxyl groups excluding tert-OH is 1. The van der Waals surface area contributed by atoms with Gasteiger partial charge < -0.3 is 18.7 Å². The second kappa shape index (κ2) is 13.1. The third-order valence-corrected chi connectivity index (χ3v) is 11.3. The number of carbonyl (C=O) groups is 2. The van der Waals surface area contributed by atoms with Gasteiger partial charge in [-0.05, 0) is 61.5 Å². The molecule has 1 N–H and O–H groups in total. The Kier molecular flexibility index (Phi) is 9.43. The van der Waals surface area contributed by atoms with Crippen LogP contribution >= 0.6 is 0 Å². The van der Waals surface area contributed by atoms with E-state index in [1.807, 2.05) is 60.8 Å². The molecule has 0 bridgehead atoms. The molecule has 1 aromatic heterocycles. The number of hydrogen-bond acceptors (Lipinski definition) is 7. The molecule has 6 atom stereocenters. The van der Waals surface area contributed by atoms with Crippen molar-refractivity contribution in [2.24, 2.45) is 5.92 Å². The minimum atomic E-state index is -3.02. The average Bonchev–Trinajstić information content (AvgIpc) is 3.55. The number of ether oxygens (including phenoxy) is 2. The lowest BCUT2D eigenvalue weighted by atomic mass is 9.95. The number of benzene rings is 2. The molecule has 2 aromatic carbocycles. The zero-order valence-electron chi connectivity index (χ0n) is 25.2. The van der Waals surface area contributed by atoms with Crippen molar-refractivity contribution < 1.29 is 28.3 Å². The number of β-lactam (4-membered cyclic amide) rings is 1. The Balaban J connectivity index is 1.19. The van der Waals surface area contributed by atoms with Crippen molar-refractivity contribution in [3.05, 3.63) is 77.6 Å². The number of aryl methyl sites for hydroxylation is 2. The van der Waals surface area contributed by atoms with E-state index in [2.05, 4.69) is 17.2 Å². The van der Waals surface area contributed by atoms with Gasteiger partial charge in [-0.1, -0.05) is 54.6 Å². The minimum Gasteiger partial charge on any atom is -0.441 e. The molecular formula is C32H41FN4O5Si. The van der Waals surface area contributed by atoms with Crippen molar-refractivity contribution in [3.63, 3.8) is 0 Å². The van der Waals surface area contributed by atoms with E-state index in [-0.39, 0.29) is 48.5 Å². The fourth-order valence-corrected chi connectivity index (χ4v) is 9.26. The van der Waals surface area contributed by atoms with Gasteiger partial charge in [0.2, 0.25) is 14.3 Å². The number of carbonyl (C=O) groups excluding carboxylic acids is 2. The maximum Gasteiger partial charge on any atom is 0.304 e. The lowest BCUT2D eigenvalue weighted by molar-refractivity contribution is -0.153. The van der Waals surface area contributed by atoms with E-state index in [0.29, 0.717) is 24.3 Å². The fourth-order valence-electron chi connectivity index (χ4n) is 6.66. The Morgan fingerprint density at radius 3 is 2.49 bits per heavy atom. The van der Waals surface area contributed by atoms with Gasteiger partial charge in [-0.2, -0.15) is 0 Å². The summed E-state index contributed by atoms with van der Waals surface area (Å²) in [4.78, 5) is 24.9. The Hall–Kier alpha value is -3.41. The molecule has 5 rings (SSSR count). The molecule has 0 radical (unpaired) electrons. The number of aliphatic hydroxyl groups is 1. The predicted molar refractivity (Wildman–Crippen MR) is 163 cm³/mol. The number of esters is 1. The van der Waals surface area contributed by atoms with Crippen molar-refractivity contribution in [2.75, 3.05) is 11.5 Å². The smallest absolute Gasteiger partial charge is 0.304 e. The standard InChI is InChI=1S/C32H41FN4O5Si/c1-21-28(15-12-23-10-13-25(14-11-23)37-30(40)18-31(37)41-22(2)39)42-29(32(21)43(3,4)33)16-17-36-19-27(34-35-36)26(20-38)24-8-6-5-7-9-24/h5-11,13-14,19,21,26,28-29,31-32,38H,12,15-18,20H2,1-4H3/t21-,26?,28+,29-,31?,32+/m0/s1. The van der Waals surface area contributed by atoms with Gasteiger partial charge in [0.15, 0.2) is 6.23 Å². The molecule has 2 aliphatic rings. The molecule has 230 valence electrons. The van der Waals surface area contributed by atoms with Crippen LogP contribution in [0, 0.1) is 5.92 Å². The molecule has 0 aliphatic carbocycles. The quantitative estimate of drug-likeness (QED) is 0.134. The Labute approximate surface area is 253 Å². The summed E-state index contributed by atoms with van der Waals surface area (Å²) >= 11 is 0. The number of hydrogen-bond donors (Lipinski definition) is 1. The fraction of sp³-hybridized carbons (Fsp3) is 0.500. The van der Waals surface area contributed by atoms with Crippen LogP contribution in [-0.2, 0) is 32.0 Å². The number of amides is 1. The molecule has 2 aliphatic heterocycles. The van der Waals surface area contributed by atoms with Gasteiger partial charge in [-0.25, -0.2) is 0 Å². The molecule has 3 aromatic rings. The van der Waals surface area contributed by atoms with Gasteiger partial charge in [0, 0.05) is 30.9 Å². The molecule has 43 heavy (non-hydrogen) atoms. The van der Waals surface area contributed by atoms with Crippen LogP contribution in [0.3, 0.4) is 0 Å². The van der Waals surface area contributed by atoms with Gasteiger partial charge in [0.25, 0.3) is 0 Å². The van der Waals surface area contributed by atoms with Gasteiger partial charge in [-0.15, -0.1) is 5.10 Å². The largest absolute Gasteiger partial charge is 0.441 e. The first-order chi connectivity index (χ1) is 20.5. The Bertz CT molecular complexity index is 1400. The van der Waals surface area contributed by atoms with E-state index in [9.17, 15) is 14.7 Å². The zero-order valence-corrected chi connectivity index (χ0v) is 26.2. The highest BCUT2D eigenvalue weighted by Gasteiger charge is 2.50. The van der Waals surface area contributed by atoms with Crippen LogP contribution in [0.4, 0.5) is 9.80 Å². The highest BCUT2D eigenvalue weighted by atomic mass is 28.4. The number of halogens is 1. The zero-order chi connectivity index (χ0) is 30.7. The third kappa shape index (κ3) is 7.05. The molecule has 1 amide bonds. The molecular weight excluding hydrogens is 567 g/mol. The predicted octanol–water partition coefficient (Wildman–Crippen LogP) is 5.00. The molecule has 3 heterocycles. The van der Waals surface area contributed by atoms with E-state index in [1.165, 1.54) is 11.8 Å². The highest BCUT2D eigenvalue weighted by molar-refractivity contribution is 6.72. The Morgan fingerprint density at radius 1 is 1.14 bits per heavy atom. The van der Waals surface area contributed by atoms with Crippen LogP contribution < -0.4 is 4.90 Å². The summed E-state index contributed by atoms with van der Waals surface area (Å²) < 4.78 is 29.2. The second-order valence-electron chi connectivity index (χ2n) is 12.2. The van der Waals surface area contributed by atoms with Gasteiger partial charge in [0.05, 0.1) is 36.8 Å². The third-order valence-electron chi connectivity index (χ3n) is 8.78. The molecule has 2 saturated heterocycles. The van der Waals surface area contributed by atoms with Crippen LogP contribution in [0.15, 0.2) is 60.8 Å². The SMILES string of the molecule is CC(=O)OC1CC(=O)N1c1ccc(CC[C@H]2O[C@@H](CCn3cc(C(CO)c4ccccc4)nn3)[C@H]([Si](C)(C)F)[C@H]2C)cc1. The van der Waals surface area contributed by atoms with E-state index >= 15 is 4.11 Å². The summed E-state index contributed by atoms with van der Waals surface area (Å²) in [7, 11) is -3.02. The lowest BCUT2D eigenvalue weighted by Gasteiger charge is -2.39. The van der Waals surface area contributed by atoms with E-state index in [0.717, 1.165) is 24.0 Å². The average molecular weight is 609 g/mol. The van der Waals surface area contributed by atoms with E-state index in [1.54, 1.807) is 17.8 Å². The van der Waals surface area contributed by atoms with Crippen molar-refractivity contribution >= 4 is 26.0 Å². The van der Waals surface area contributed by atoms with Crippen molar-refractivity contribution in [1.29, 1.82) is 0 Å². The summed E-state index contributed by atoms with van der Waals surface area (Å²) in [6, 6.07) is 17.4. The lowest BCUT2D eigenvalue weighted by Crippen LogP contribution is -2.54. The van der Waals surface area contributed by atoms with Crippen LogP contribution in [-0.4, -0.2) is 65.4 Å². The van der Waals surface area contributed by atoms with Crippen molar-refractivity contribution in [2.45, 2.75) is 89.1 Å². The van der Waals surface area contributed by atoms with Gasteiger partial charge in [-0.3, -0.25) is 19.2 Å². The minimum absolute atomic E-state index is 0.0642. The molecule has 2 unspecified atom stereocenters. The molecule has 9 nitrogen and oxygen atoms in total. The first-order valence-electron chi connectivity index (χ1n) is 15.0. The van der Waals surface area contributed by atoms with E-state index in [4.69, 9.17) is 9.47 Å². The topological polar surface area (TPSA) is 107 Å². The number of aromatic nitrogens is 3. The number of nitrogens with zero attached hydrogens (tertiary/aromatic N) is 4. The number of anilines is 1. The molecule has 2 fully saturated rings. The first-order valence-corrected chi connectivity index (χ1v) is 18.0. The van der Waals surface area contributed by atoms with Crippen molar-refractivity contribution in [1.82, 2.24) is 15.0 Å². The maximum absolute atomic E-state index is 15.6. The van der Waals surface area contributed by atoms with Crippen molar-refractivity contribution in [3.8, 4) is 0 Å². The summed E-state index contributed by atoms with van der Waals surface area (Å²) in [5, 5.41) is 18.6. The van der Waals surface area contributed by atoms with Crippen LogP contribution in [0.1, 0.15) is 55.8 Å². The summed E-state index contributed by atoms with van der Waals surface area (Å²) in [6.07, 6.45) is 3.40. The second-order valence-corrected chi connectivity index (χ2v) is 16.0. The van der Waals surface area contributed by atoms with Gasteiger partial charge >= 0.3 is 5.97 Å². The maximum atomic E-state index is 15.6. The Morgan fingerprint density at radius 2 is 1.86 bits per heavy atom.